The molecule has 8 nitrogen and oxygen atoms in total. The largest absolute Gasteiger partial charge is 0.333 e. The van der Waals surface area contributed by atoms with Crippen LogP contribution in [-0.4, -0.2) is 25.3 Å². The lowest BCUT2D eigenvalue weighted by Crippen LogP contribution is -2.22. The van der Waals surface area contributed by atoms with Crippen LogP contribution < -0.4 is 16.8 Å². The number of hydrogen-bond donors (Lipinski definition) is 3. The quantitative estimate of drug-likeness (QED) is 0.330. The number of rotatable bonds is 4. The zero-order chi connectivity index (χ0) is 25.0. The molecule has 5 rings (SSSR count). The molecule has 5 aromatic rings. The van der Waals surface area contributed by atoms with E-state index < -0.39 is 22.6 Å². The Hall–Kier alpha value is -4.24. The first kappa shape index (κ1) is 22.5. The van der Waals surface area contributed by atoms with Gasteiger partial charge in [0, 0.05) is 41.2 Å². The summed E-state index contributed by atoms with van der Waals surface area (Å²) in [4.78, 5) is 56.9. The van der Waals surface area contributed by atoms with Crippen LogP contribution >= 0.6 is 11.6 Å². The van der Waals surface area contributed by atoms with Gasteiger partial charge in [0.15, 0.2) is 5.78 Å². The zero-order valence-corrected chi connectivity index (χ0v) is 19.3. The number of H-pyrrole nitrogens is 3. The van der Waals surface area contributed by atoms with Crippen molar-refractivity contribution in [2.24, 2.45) is 0 Å². The van der Waals surface area contributed by atoms with Gasteiger partial charge in [-0.3, -0.25) is 19.4 Å². The van der Waals surface area contributed by atoms with Crippen molar-refractivity contribution in [3.63, 3.8) is 0 Å². The van der Waals surface area contributed by atoms with Crippen molar-refractivity contribution in [1.82, 2.24) is 19.5 Å². The van der Waals surface area contributed by atoms with Crippen molar-refractivity contribution in [2.75, 3.05) is 0 Å². The summed E-state index contributed by atoms with van der Waals surface area (Å²) >= 11 is 6.48. The lowest BCUT2D eigenvalue weighted by molar-refractivity contribution is 0.101. The topological polar surface area (TPSA) is 121 Å². The van der Waals surface area contributed by atoms with Crippen molar-refractivity contribution < 1.29 is 9.18 Å². The van der Waals surface area contributed by atoms with Gasteiger partial charge < -0.3 is 14.5 Å². The van der Waals surface area contributed by atoms with Crippen molar-refractivity contribution in [3.05, 3.63) is 101 Å². The third-order valence-corrected chi connectivity index (χ3v) is 6.35. The Labute approximate surface area is 201 Å². The minimum Gasteiger partial charge on any atom is -0.333 e. The second-order valence-corrected chi connectivity index (χ2v) is 8.70. The zero-order valence-electron chi connectivity index (χ0n) is 18.6. The molecule has 176 valence electrons. The number of ketones is 1. The summed E-state index contributed by atoms with van der Waals surface area (Å²) in [6.07, 6.45) is 1.49. The Balaban J connectivity index is 1.85. The van der Waals surface area contributed by atoms with Crippen LogP contribution in [0.15, 0.2) is 57.0 Å². The molecule has 0 saturated carbocycles. The fraction of sp³-hybridized carbons (Fsp3) is 0.120. The average molecular weight is 493 g/mol. The number of Topliss-reactive ketones (excluding diaryl/α,β-unsaturated/α-hetero) is 1. The third kappa shape index (κ3) is 3.70. The molecule has 0 aliphatic heterocycles. The number of aryl methyl sites for hydroxylation is 1. The number of carbonyl (C=O) groups excluding carboxylic acids is 1. The molecule has 3 heterocycles. The van der Waals surface area contributed by atoms with Crippen molar-refractivity contribution >= 4 is 39.2 Å². The predicted molar refractivity (Wildman–Crippen MR) is 132 cm³/mol. The summed E-state index contributed by atoms with van der Waals surface area (Å²) in [7, 11) is 0. The maximum atomic E-state index is 14.7. The first-order valence-corrected chi connectivity index (χ1v) is 11.0. The summed E-state index contributed by atoms with van der Waals surface area (Å²) in [6, 6.07) is 9.14. The second-order valence-electron chi connectivity index (χ2n) is 8.29. The van der Waals surface area contributed by atoms with Crippen LogP contribution in [0.3, 0.4) is 0 Å². The Morgan fingerprint density at radius 3 is 2.54 bits per heavy atom. The molecule has 10 heteroatoms. The number of aromatic nitrogens is 4. The molecule has 0 amide bonds. The molecule has 0 aliphatic carbocycles. The van der Waals surface area contributed by atoms with E-state index >= 15 is 0 Å². The number of nitrogens with one attached hydrogen (secondary N) is 3. The van der Waals surface area contributed by atoms with Crippen molar-refractivity contribution in [2.45, 2.75) is 20.4 Å². The van der Waals surface area contributed by atoms with Gasteiger partial charge in [-0.1, -0.05) is 11.6 Å². The third-order valence-electron chi connectivity index (χ3n) is 6.00. The van der Waals surface area contributed by atoms with Gasteiger partial charge in [-0.2, -0.15) is 0 Å². The lowest BCUT2D eigenvalue weighted by atomic mass is 10.0. The number of carbonyl (C=O) groups is 1. The van der Waals surface area contributed by atoms with Crippen LogP contribution in [0.4, 0.5) is 4.39 Å². The van der Waals surface area contributed by atoms with Crippen LogP contribution in [-0.2, 0) is 6.54 Å². The van der Waals surface area contributed by atoms with E-state index in [9.17, 15) is 23.6 Å². The number of hydrogen-bond acceptors (Lipinski definition) is 4. The molecule has 0 atom stereocenters. The van der Waals surface area contributed by atoms with Gasteiger partial charge in [-0.15, -0.1) is 0 Å². The summed E-state index contributed by atoms with van der Waals surface area (Å²) in [6.45, 7) is 2.98. The van der Waals surface area contributed by atoms with Gasteiger partial charge in [-0.05, 0) is 54.4 Å². The molecule has 0 fully saturated rings. The molecule has 35 heavy (non-hydrogen) atoms. The van der Waals surface area contributed by atoms with E-state index in [1.54, 1.807) is 29.7 Å². The van der Waals surface area contributed by atoms with Crippen LogP contribution in [0.25, 0.3) is 32.9 Å². The predicted octanol–water partition coefficient (Wildman–Crippen LogP) is 3.88. The van der Waals surface area contributed by atoms with E-state index in [1.807, 2.05) is 0 Å². The number of fused-ring (bicyclic) bond motifs is 2. The van der Waals surface area contributed by atoms with Crippen LogP contribution in [0, 0.1) is 12.7 Å². The molecular weight excluding hydrogens is 475 g/mol. The summed E-state index contributed by atoms with van der Waals surface area (Å²) < 4.78 is 16.3. The second kappa shape index (κ2) is 8.21. The maximum Gasteiger partial charge on any atom is 0.326 e. The van der Waals surface area contributed by atoms with E-state index in [-0.39, 0.29) is 39.5 Å². The Bertz CT molecular complexity index is 1860. The normalized spacial score (nSPS) is 11.4. The van der Waals surface area contributed by atoms with Crippen molar-refractivity contribution in [3.8, 4) is 11.1 Å². The van der Waals surface area contributed by atoms with Crippen LogP contribution in [0.2, 0.25) is 5.02 Å². The van der Waals surface area contributed by atoms with E-state index in [2.05, 4.69) is 15.0 Å². The standard InChI is InChI=1S/C25H18ClFN4O4/c1-11-6-16-20(9-18(11)27)31(22(12(2)32)21(16)14-4-3-5-28-23(14)33)10-13-7-15-19(8-17(13)26)29-25(35)30-24(15)34/h3-9H,10H2,1-2H3,(H,28,33)(H2,29,30,34,35). The minimum absolute atomic E-state index is 0.00594. The van der Waals surface area contributed by atoms with Gasteiger partial charge in [0.2, 0.25) is 0 Å². The molecule has 0 spiro atoms. The highest BCUT2D eigenvalue weighted by molar-refractivity contribution is 6.32. The van der Waals surface area contributed by atoms with Gasteiger partial charge in [0.25, 0.3) is 11.1 Å². The average Bonchev–Trinajstić information content (AvgIpc) is 3.08. The summed E-state index contributed by atoms with van der Waals surface area (Å²) in [5.74, 6) is -0.810. The van der Waals surface area contributed by atoms with Crippen LogP contribution in [0.5, 0.6) is 0 Å². The Morgan fingerprint density at radius 2 is 1.83 bits per heavy atom. The van der Waals surface area contributed by atoms with E-state index in [4.69, 9.17) is 11.6 Å². The molecule has 3 N–H and O–H groups in total. The first-order valence-electron chi connectivity index (χ1n) is 10.6. The Morgan fingerprint density at radius 1 is 1.06 bits per heavy atom. The highest BCUT2D eigenvalue weighted by atomic mass is 35.5. The Kier molecular flexibility index (Phi) is 5.29. The summed E-state index contributed by atoms with van der Waals surface area (Å²) in [5, 5.41) is 0.971. The fourth-order valence-electron chi connectivity index (χ4n) is 4.42. The number of aromatic amines is 3. The minimum atomic E-state index is -0.662. The smallest absolute Gasteiger partial charge is 0.326 e. The van der Waals surface area contributed by atoms with Gasteiger partial charge in [0.1, 0.15) is 5.82 Å². The molecule has 3 aromatic heterocycles. The fourth-order valence-corrected chi connectivity index (χ4v) is 4.65. The van der Waals surface area contributed by atoms with Gasteiger partial charge in [-0.25, -0.2) is 9.18 Å². The van der Waals surface area contributed by atoms with E-state index in [1.165, 1.54) is 31.3 Å². The van der Waals surface area contributed by atoms with E-state index in [0.717, 1.165) is 0 Å². The number of benzene rings is 2. The lowest BCUT2D eigenvalue weighted by Gasteiger charge is -2.13. The summed E-state index contributed by atoms with van der Waals surface area (Å²) in [5.41, 5.74) is 0.682. The number of nitrogens with zero attached hydrogens (tertiary/aromatic N) is 1. The monoisotopic (exact) mass is 492 g/mol. The highest BCUT2D eigenvalue weighted by Gasteiger charge is 2.25. The number of pyridine rings is 1. The maximum absolute atomic E-state index is 14.7. The van der Waals surface area contributed by atoms with Crippen molar-refractivity contribution in [1.29, 1.82) is 0 Å². The number of halogens is 2. The molecule has 0 saturated heterocycles. The molecule has 0 bridgehead atoms. The molecule has 2 aromatic carbocycles. The van der Waals surface area contributed by atoms with E-state index in [0.29, 0.717) is 27.6 Å². The molecule has 0 radical (unpaired) electrons. The first-order chi connectivity index (χ1) is 16.7. The molecule has 0 unspecified atom stereocenters. The van der Waals surface area contributed by atoms with Gasteiger partial charge >= 0.3 is 5.69 Å². The van der Waals surface area contributed by atoms with Crippen LogP contribution in [0.1, 0.15) is 28.5 Å². The molecule has 0 aliphatic rings. The molecular formula is C25H18ClFN4O4. The SMILES string of the molecule is CC(=O)c1c(-c2ccc[nH]c2=O)c2cc(C)c(F)cc2n1Cc1cc2c(=O)[nH]c(=O)[nH]c2cc1Cl. The van der Waals surface area contributed by atoms with Gasteiger partial charge in [0.05, 0.1) is 22.1 Å². The highest BCUT2D eigenvalue weighted by Crippen LogP contribution is 2.36.